The minimum atomic E-state index is -0.742. The van der Waals surface area contributed by atoms with Gasteiger partial charge in [-0.1, -0.05) is 42.5 Å². The van der Waals surface area contributed by atoms with E-state index in [4.69, 9.17) is 4.74 Å². The molecule has 0 N–H and O–H groups in total. The average Bonchev–Trinajstić information content (AvgIpc) is 2.62. The lowest BCUT2D eigenvalue weighted by atomic mass is 10.0. The molecule has 126 valence electrons. The van der Waals surface area contributed by atoms with E-state index in [0.29, 0.717) is 11.3 Å². The minimum absolute atomic E-state index is 0.158. The fraction of sp³-hybridized carbons (Fsp3) is 0.143. The highest BCUT2D eigenvalue weighted by atomic mass is 19.1. The lowest BCUT2D eigenvalue weighted by molar-refractivity contribution is -0.146. The molecule has 3 rings (SSSR count). The summed E-state index contributed by atoms with van der Waals surface area (Å²) in [6, 6.07) is 19.0. The van der Waals surface area contributed by atoms with Crippen molar-refractivity contribution >= 4 is 5.97 Å². The van der Waals surface area contributed by atoms with Crippen molar-refractivity contribution in [3.05, 3.63) is 101 Å². The van der Waals surface area contributed by atoms with E-state index in [1.165, 1.54) is 12.1 Å². The summed E-state index contributed by atoms with van der Waals surface area (Å²) in [6.07, 6.45) is 1.04. The van der Waals surface area contributed by atoms with Crippen molar-refractivity contribution in [2.75, 3.05) is 0 Å². The molecule has 1 aromatic heterocycles. The molecule has 0 aliphatic heterocycles. The van der Waals surface area contributed by atoms with Crippen molar-refractivity contribution in [1.82, 2.24) is 4.98 Å². The SMILES string of the molecule is Cc1ccccc1CC(=O)OC(c1cccc(F)c1)c1ccccn1. The van der Waals surface area contributed by atoms with Crippen molar-refractivity contribution in [3.63, 3.8) is 0 Å². The molecule has 0 saturated heterocycles. The highest BCUT2D eigenvalue weighted by Crippen LogP contribution is 2.26. The third-order valence-corrected chi connectivity index (χ3v) is 3.95. The molecular weight excluding hydrogens is 317 g/mol. The number of carbonyl (C=O) groups excluding carboxylic acids is 1. The zero-order valence-electron chi connectivity index (χ0n) is 13.9. The maximum absolute atomic E-state index is 13.6. The number of benzene rings is 2. The highest BCUT2D eigenvalue weighted by molar-refractivity contribution is 5.73. The van der Waals surface area contributed by atoms with Gasteiger partial charge >= 0.3 is 5.97 Å². The topological polar surface area (TPSA) is 39.2 Å². The summed E-state index contributed by atoms with van der Waals surface area (Å²) in [6.45, 7) is 1.95. The number of halogens is 1. The van der Waals surface area contributed by atoms with Gasteiger partial charge in [0.25, 0.3) is 0 Å². The molecule has 3 aromatic rings. The first-order valence-electron chi connectivity index (χ1n) is 8.04. The lowest BCUT2D eigenvalue weighted by Gasteiger charge is -2.18. The Morgan fingerprint density at radius 2 is 1.88 bits per heavy atom. The summed E-state index contributed by atoms with van der Waals surface area (Å²) in [7, 11) is 0. The summed E-state index contributed by atoms with van der Waals surface area (Å²) < 4.78 is 19.3. The van der Waals surface area contributed by atoms with Crippen LogP contribution in [0.25, 0.3) is 0 Å². The van der Waals surface area contributed by atoms with Crippen molar-refractivity contribution in [1.29, 1.82) is 0 Å². The number of aromatic nitrogens is 1. The summed E-state index contributed by atoms with van der Waals surface area (Å²) >= 11 is 0. The molecular formula is C21H18FNO2. The standard InChI is InChI=1S/C21H18FNO2/c1-15-7-2-3-8-16(15)14-20(24)25-21(19-11-4-5-12-23-19)17-9-6-10-18(22)13-17/h2-13,21H,14H2,1H3. The second-order valence-electron chi connectivity index (χ2n) is 5.78. The van der Waals surface area contributed by atoms with Gasteiger partial charge in [0.1, 0.15) is 5.82 Å². The van der Waals surface area contributed by atoms with Crippen LogP contribution in [0.2, 0.25) is 0 Å². The van der Waals surface area contributed by atoms with Gasteiger partial charge in [-0.3, -0.25) is 9.78 Å². The number of pyridine rings is 1. The maximum Gasteiger partial charge on any atom is 0.311 e. The molecule has 0 amide bonds. The van der Waals surface area contributed by atoms with Gasteiger partial charge in [0.2, 0.25) is 0 Å². The molecule has 0 spiro atoms. The Morgan fingerprint density at radius 3 is 2.60 bits per heavy atom. The van der Waals surface area contributed by atoms with E-state index in [1.54, 1.807) is 30.5 Å². The first-order chi connectivity index (χ1) is 12.1. The molecule has 0 aliphatic rings. The van der Waals surface area contributed by atoms with Gasteiger partial charge in [0.15, 0.2) is 6.10 Å². The third-order valence-electron chi connectivity index (χ3n) is 3.95. The van der Waals surface area contributed by atoms with Gasteiger partial charge < -0.3 is 4.74 Å². The second-order valence-corrected chi connectivity index (χ2v) is 5.78. The van der Waals surface area contributed by atoms with E-state index >= 15 is 0 Å². The van der Waals surface area contributed by atoms with Crippen LogP contribution in [0.3, 0.4) is 0 Å². The van der Waals surface area contributed by atoms with E-state index in [0.717, 1.165) is 11.1 Å². The Morgan fingerprint density at radius 1 is 1.08 bits per heavy atom. The van der Waals surface area contributed by atoms with Crippen molar-refractivity contribution < 1.29 is 13.9 Å². The van der Waals surface area contributed by atoms with Crippen LogP contribution in [-0.4, -0.2) is 11.0 Å². The second kappa shape index (κ2) is 7.71. The Labute approximate surface area is 146 Å². The number of hydrogen-bond donors (Lipinski definition) is 0. The maximum atomic E-state index is 13.6. The summed E-state index contributed by atoms with van der Waals surface area (Å²) in [5, 5.41) is 0. The van der Waals surface area contributed by atoms with Gasteiger partial charge in [-0.05, 0) is 42.3 Å². The van der Waals surface area contributed by atoms with E-state index in [2.05, 4.69) is 4.98 Å². The Bertz CT molecular complexity index is 865. The molecule has 25 heavy (non-hydrogen) atoms. The Hall–Kier alpha value is -3.01. The molecule has 1 unspecified atom stereocenters. The predicted molar refractivity (Wildman–Crippen MR) is 93.5 cm³/mol. The van der Waals surface area contributed by atoms with Gasteiger partial charge in [-0.2, -0.15) is 0 Å². The van der Waals surface area contributed by atoms with Crippen molar-refractivity contribution in [2.24, 2.45) is 0 Å². The van der Waals surface area contributed by atoms with Gasteiger partial charge in [-0.15, -0.1) is 0 Å². The normalized spacial score (nSPS) is 11.8. The molecule has 4 heteroatoms. The van der Waals surface area contributed by atoms with E-state index in [-0.39, 0.29) is 18.2 Å². The minimum Gasteiger partial charge on any atom is -0.451 e. The number of esters is 1. The number of rotatable bonds is 5. The van der Waals surface area contributed by atoms with Crippen molar-refractivity contribution in [3.8, 4) is 0 Å². The molecule has 2 aromatic carbocycles. The Balaban J connectivity index is 1.85. The molecule has 0 fully saturated rings. The number of hydrogen-bond acceptors (Lipinski definition) is 3. The lowest BCUT2D eigenvalue weighted by Crippen LogP contribution is -2.16. The summed E-state index contributed by atoms with van der Waals surface area (Å²) in [4.78, 5) is 16.7. The number of aryl methyl sites for hydroxylation is 1. The zero-order valence-corrected chi connectivity index (χ0v) is 13.9. The van der Waals surface area contributed by atoms with Crippen LogP contribution in [0, 0.1) is 12.7 Å². The van der Waals surface area contributed by atoms with Gasteiger partial charge in [-0.25, -0.2) is 4.39 Å². The molecule has 0 radical (unpaired) electrons. The van der Waals surface area contributed by atoms with Gasteiger partial charge in [0.05, 0.1) is 12.1 Å². The van der Waals surface area contributed by atoms with Crippen LogP contribution in [0.1, 0.15) is 28.5 Å². The third kappa shape index (κ3) is 4.29. The van der Waals surface area contributed by atoms with E-state index in [9.17, 15) is 9.18 Å². The molecule has 0 bridgehead atoms. The van der Waals surface area contributed by atoms with Crippen LogP contribution in [0.5, 0.6) is 0 Å². The van der Waals surface area contributed by atoms with Gasteiger partial charge in [0, 0.05) is 11.8 Å². The number of carbonyl (C=O) groups is 1. The largest absolute Gasteiger partial charge is 0.451 e. The number of nitrogens with zero attached hydrogens (tertiary/aromatic N) is 1. The van der Waals surface area contributed by atoms with Crippen LogP contribution < -0.4 is 0 Å². The van der Waals surface area contributed by atoms with Crippen LogP contribution in [0.4, 0.5) is 4.39 Å². The predicted octanol–water partition coefficient (Wildman–Crippen LogP) is 4.40. The quantitative estimate of drug-likeness (QED) is 0.649. The highest BCUT2D eigenvalue weighted by Gasteiger charge is 2.21. The zero-order chi connectivity index (χ0) is 17.6. The first-order valence-corrected chi connectivity index (χ1v) is 8.04. The van der Waals surface area contributed by atoms with E-state index in [1.807, 2.05) is 37.3 Å². The van der Waals surface area contributed by atoms with Crippen LogP contribution in [-0.2, 0) is 16.0 Å². The van der Waals surface area contributed by atoms with Crippen LogP contribution in [0.15, 0.2) is 72.9 Å². The summed E-state index contributed by atoms with van der Waals surface area (Å²) in [5.74, 6) is -0.761. The van der Waals surface area contributed by atoms with Crippen molar-refractivity contribution in [2.45, 2.75) is 19.4 Å². The molecule has 1 heterocycles. The first kappa shape index (κ1) is 16.8. The van der Waals surface area contributed by atoms with Crippen LogP contribution >= 0.6 is 0 Å². The molecule has 1 atom stereocenters. The monoisotopic (exact) mass is 335 g/mol. The smallest absolute Gasteiger partial charge is 0.311 e. The fourth-order valence-electron chi connectivity index (χ4n) is 2.64. The fourth-order valence-corrected chi connectivity index (χ4v) is 2.64. The Kier molecular flexibility index (Phi) is 5.19. The average molecular weight is 335 g/mol. The summed E-state index contributed by atoms with van der Waals surface area (Å²) in [5.41, 5.74) is 3.05. The molecule has 0 saturated carbocycles. The van der Waals surface area contributed by atoms with E-state index < -0.39 is 6.10 Å². The molecule has 3 nitrogen and oxygen atoms in total. The molecule has 0 aliphatic carbocycles. The number of ether oxygens (including phenoxy) is 1.